The predicted molar refractivity (Wildman–Crippen MR) is 97.0 cm³/mol. The third-order valence-corrected chi connectivity index (χ3v) is 6.88. The Hall–Kier alpha value is -1.67. The second kappa shape index (κ2) is 7.92. The van der Waals surface area contributed by atoms with Crippen LogP contribution in [0, 0.1) is 17.7 Å². The molecule has 0 saturated heterocycles. The van der Waals surface area contributed by atoms with Gasteiger partial charge in [0.15, 0.2) is 10.7 Å². The van der Waals surface area contributed by atoms with Crippen molar-refractivity contribution in [3.8, 4) is 5.75 Å². The van der Waals surface area contributed by atoms with Crippen LogP contribution in [-0.4, -0.2) is 38.8 Å². The molecule has 6 nitrogen and oxygen atoms in total. The fourth-order valence-electron chi connectivity index (χ4n) is 3.30. The fourth-order valence-corrected chi connectivity index (χ4v) is 4.37. The summed E-state index contributed by atoms with van der Waals surface area (Å²) in [5, 5.41) is 0. The highest BCUT2D eigenvalue weighted by Crippen LogP contribution is 2.36. The number of amides is 1. The average molecular weight is 386 g/mol. The van der Waals surface area contributed by atoms with Gasteiger partial charge in [0, 0.05) is 14.1 Å². The summed E-state index contributed by atoms with van der Waals surface area (Å²) in [5.41, 5.74) is 4.68. The van der Waals surface area contributed by atoms with Crippen molar-refractivity contribution in [2.24, 2.45) is 17.6 Å². The largest absolute Gasteiger partial charge is 0.489 e. The number of hydrogen-bond acceptors (Lipinski definition) is 4. The van der Waals surface area contributed by atoms with Crippen LogP contribution in [0.1, 0.15) is 49.9 Å². The first-order chi connectivity index (χ1) is 12.1. The van der Waals surface area contributed by atoms with E-state index in [9.17, 15) is 17.6 Å². The molecule has 0 atom stereocenters. The van der Waals surface area contributed by atoms with E-state index in [1.54, 1.807) is 0 Å². The molecule has 1 aliphatic rings. The predicted octanol–water partition coefficient (Wildman–Crippen LogP) is 2.77. The van der Waals surface area contributed by atoms with Crippen molar-refractivity contribution in [3.63, 3.8) is 0 Å². The molecule has 0 heterocycles. The molecule has 0 radical (unpaired) electrons. The third kappa shape index (κ3) is 4.17. The van der Waals surface area contributed by atoms with Gasteiger partial charge in [-0.2, -0.15) is 0 Å². The van der Waals surface area contributed by atoms with Gasteiger partial charge >= 0.3 is 0 Å². The van der Waals surface area contributed by atoms with Crippen LogP contribution in [0.2, 0.25) is 0 Å². The first kappa shape index (κ1) is 20.6. The van der Waals surface area contributed by atoms with Crippen LogP contribution in [0.15, 0.2) is 17.0 Å². The Balaban J connectivity index is 2.37. The minimum absolute atomic E-state index is 0.0748. The second-order valence-corrected chi connectivity index (χ2v) is 9.39. The van der Waals surface area contributed by atoms with Crippen molar-refractivity contribution in [1.29, 1.82) is 0 Å². The summed E-state index contributed by atoms with van der Waals surface area (Å²) < 4.78 is 46.7. The number of hydrogen-bond donors (Lipinski definition) is 1. The topological polar surface area (TPSA) is 89.7 Å². The molecule has 2 N–H and O–H groups in total. The summed E-state index contributed by atoms with van der Waals surface area (Å²) >= 11 is 0. The summed E-state index contributed by atoms with van der Waals surface area (Å²) in [7, 11) is -1.55. The molecule has 26 heavy (non-hydrogen) atoms. The van der Waals surface area contributed by atoms with E-state index in [1.807, 2.05) is 0 Å². The monoisotopic (exact) mass is 386 g/mol. The summed E-state index contributed by atoms with van der Waals surface area (Å²) in [6, 6.07) is 2.48. The Morgan fingerprint density at radius 1 is 1.23 bits per heavy atom. The van der Waals surface area contributed by atoms with Crippen LogP contribution >= 0.6 is 0 Å². The van der Waals surface area contributed by atoms with Gasteiger partial charge in [0.25, 0.3) is 5.91 Å². The van der Waals surface area contributed by atoms with E-state index in [2.05, 4.69) is 13.8 Å². The van der Waals surface area contributed by atoms with Gasteiger partial charge in [-0.3, -0.25) is 4.79 Å². The number of halogens is 1. The minimum atomic E-state index is -4.14. The number of nitrogens with two attached hydrogens (primary N) is 1. The molecule has 1 amide bonds. The van der Waals surface area contributed by atoms with Gasteiger partial charge in [0.05, 0.1) is 11.7 Å². The molecule has 0 aliphatic heterocycles. The van der Waals surface area contributed by atoms with Crippen LogP contribution in [0.4, 0.5) is 4.39 Å². The molecular formula is C18H27FN2O4S. The van der Waals surface area contributed by atoms with Crippen LogP contribution in [-0.2, 0) is 10.0 Å². The maximum absolute atomic E-state index is 14.8. The molecule has 0 bridgehead atoms. The van der Waals surface area contributed by atoms with Gasteiger partial charge in [-0.05, 0) is 49.7 Å². The zero-order chi connectivity index (χ0) is 19.6. The van der Waals surface area contributed by atoms with Gasteiger partial charge in [-0.25, -0.2) is 17.1 Å². The molecule has 0 unspecified atom stereocenters. The zero-order valence-electron chi connectivity index (χ0n) is 15.7. The smallest absolute Gasteiger partial charge is 0.251 e. The summed E-state index contributed by atoms with van der Waals surface area (Å²) in [6.07, 6.45) is 3.35. The molecule has 1 aromatic carbocycles. The average Bonchev–Trinajstić information content (AvgIpc) is 2.54. The van der Waals surface area contributed by atoms with Gasteiger partial charge in [-0.15, -0.1) is 0 Å². The van der Waals surface area contributed by atoms with Gasteiger partial charge in [0.1, 0.15) is 5.75 Å². The van der Waals surface area contributed by atoms with Gasteiger partial charge < -0.3 is 10.5 Å². The van der Waals surface area contributed by atoms with Gasteiger partial charge in [-0.1, -0.05) is 13.8 Å². The molecule has 1 aromatic rings. The number of primary amides is 1. The zero-order valence-corrected chi connectivity index (χ0v) is 16.5. The molecule has 146 valence electrons. The summed E-state index contributed by atoms with van der Waals surface area (Å²) in [5.74, 6) is -1.06. The molecule has 1 fully saturated rings. The van der Waals surface area contributed by atoms with E-state index in [0.717, 1.165) is 30.0 Å². The van der Waals surface area contributed by atoms with Crippen molar-refractivity contribution in [2.75, 3.05) is 14.1 Å². The van der Waals surface area contributed by atoms with E-state index in [0.29, 0.717) is 11.8 Å². The highest BCUT2D eigenvalue weighted by Gasteiger charge is 2.32. The van der Waals surface area contributed by atoms with Crippen LogP contribution in [0.5, 0.6) is 5.75 Å². The number of benzene rings is 1. The summed E-state index contributed by atoms with van der Waals surface area (Å²) in [6.45, 7) is 4.37. The molecular weight excluding hydrogens is 359 g/mol. The Morgan fingerprint density at radius 3 is 2.27 bits per heavy atom. The fraction of sp³-hybridized carbons (Fsp3) is 0.611. The standard InChI is InChI=1S/C18H27FN2O4S/c1-11(2)12-5-7-13(8-6-12)25-15-10-9-14(18(20)22)16(19)17(15)26(23,24)21(3)4/h9-13H,5-8H2,1-4H3,(H2,20,22). The number of ether oxygens (including phenoxy) is 1. The van der Waals surface area contributed by atoms with Crippen molar-refractivity contribution in [1.82, 2.24) is 4.31 Å². The molecule has 0 aromatic heterocycles. The van der Waals surface area contributed by atoms with Crippen molar-refractivity contribution < 1.29 is 22.3 Å². The van der Waals surface area contributed by atoms with E-state index in [4.69, 9.17) is 10.5 Å². The number of carbonyl (C=O) groups is 1. The normalized spacial score (nSPS) is 21.2. The Morgan fingerprint density at radius 2 is 1.81 bits per heavy atom. The lowest BCUT2D eigenvalue weighted by Crippen LogP contribution is -2.29. The molecule has 0 spiro atoms. The van der Waals surface area contributed by atoms with Crippen molar-refractivity contribution in [2.45, 2.75) is 50.5 Å². The minimum Gasteiger partial charge on any atom is -0.489 e. The molecule has 1 aliphatic carbocycles. The van der Waals surface area contributed by atoms with Gasteiger partial charge in [0.2, 0.25) is 10.0 Å². The van der Waals surface area contributed by atoms with E-state index in [1.165, 1.54) is 26.2 Å². The highest BCUT2D eigenvalue weighted by atomic mass is 32.2. The van der Waals surface area contributed by atoms with Crippen molar-refractivity contribution in [3.05, 3.63) is 23.5 Å². The van der Waals surface area contributed by atoms with Crippen LogP contribution in [0.25, 0.3) is 0 Å². The number of carbonyl (C=O) groups excluding carboxylic acids is 1. The first-order valence-corrected chi connectivity index (χ1v) is 10.2. The second-order valence-electron chi connectivity index (χ2n) is 7.30. The molecule has 1 saturated carbocycles. The number of rotatable bonds is 6. The lowest BCUT2D eigenvalue weighted by molar-refractivity contribution is 0.0994. The number of nitrogens with zero attached hydrogens (tertiary/aromatic N) is 1. The number of sulfonamides is 1. The quantitative estimate of drug-likeness (QED) is 0.814. The Bertz CT molecular complexity index is 770. The SMILES string of the molecule is CC(C)C1CCC(Oc2ccc(C(N)=O)c(F)c2S(=O)(=O)N(C)C)CC1. The molecule has 8 heteroatoms. The maximum Gasteiger partial charge on any atom is 0.251 e. The van der Waals surface area contributed by atoms with Crippen LogP contribution < -0.4 is 10.5 Å². The first-order valence-electron chi connectivity index (χ1n) is 8.77. The lowest BCUT2D eigenvalue weighted by atomic mass is 9.80. The lowest BCUT2D eigenvalue weighted by Gasteiger charge is -2.31. The van der Waals surface area contributed by atoms with E-state index < -0.39 is 32.2 Å². The van der Waals surface area contributed by atoms with E-state index >= 15 is 0 Å². The van der Waals surface area contributed by atoms with Crippen LogP contribution in [0.3, 0.4) is 0 Å². The third-order valence-electron chi connectivity index (χ3n) is 5.02. The van der Waals surface area contributed by atoms with Crippen molar-refractivity contribution >= 4 is 15.9 Å². The Labute approximate surface area is 154 Å². The Kier molecular flexibility index (Phi) is 6.29. The molecule has 2 rings (SSSR count). The highest BCUT2D eigenvalue weighted by molar-refractivity contribution is 7.89. The maximum atomic E-state index is 14.8. The summed E-state index contributed by atoms with van der Waals surface area (Å²) in [4.78, 5) is 10.8. The van der Waals surface area contributed by atoms with E-state index in [-0.39, 0.29) is 11.9 Å².